The Morgan fingerprint density at radius 2 is 1.63 bits per heavy atom. The van der Waals surface area contributed by atoms with Gasteiger partial charge in [-0.05, 0) is 91.9 Å². The number of piperazine rings is 1. The van der Waals surface area contributed by atoms with E-state index in [0.29, 0.717) is 44.3 Å². The van der Waals surface area contributed by atoms with Crippen LogP contribution in [0.5, 0.6) is 11.5 Å². The van der Waals surface area contributed by atoms with Crippen LogP contribution >= 0.6 is 11.6 Å². The number of carbonyl (C=O) groups is 2. The highest BCUT2D eigenvalue weighted by atomic mass is 35.5. The zero-order valence-corrected chi connectivity index (χ0v) is 35.6. The topological polar surface area (TPSA) is 118 Å². The van der Waals surface area contributed by atoms with Gasteiger partial charge in [0.1, 0.15) is 18.8 Å². The van der Waals surface area contributed by atoms with Crippen molar-refractivity contribution in [2.75, 3.05) is 72.0 Å². The van der Waals surface area contributed by atoms with Crippen molar-refractivity contribution in [2.24, 2.45) is 5.92 Å². The van der Waals surface area contributed by atoms with Gasteiger partial charge >= 0.3 is 6.09 Å². The number of nitrogens with zero attached hydrogens (tertiary/aromatic N) is 8. The Morgan fingerprint density at radius 3 is 2.38 bits per heavy atom. The molecule has 0 N–H and O–H groups in total. The van der Waals surface area contributed by atoms with Crippen molar-refractivity contribution in [3.63, 3.8) is 0 Å². The van der Waals surface area contributed by atoms with E-state index in [1.165, 1.54) is 11.1 Å². The molecule has 1 saturated carbocycles. The van der Waals surface area contributed by atoms with Gasteiger partial charge in [0, 0.05) is 62.8 Å². The third-order valence-corrected chi connectivity index (χ3v) is 13.2. The largest absolute Gasteiger partial charge is 0.493 e. The van der Waals surface area contributed by atoms with Gasteiger partial charge in [-0.15, -0.1) is 0 Å². The first kappa shape index (κ1) is 41.3. The molecule has 1 saturated heterocycles. The first-order valence-electron chi connectivity index (χ1n) is 21.1. The third kappa shape index (κ3) is 8.60. The lowest BCUT2D eigenvalue weighted by Crippen LogP contribution is -2.55. The van der Waals surface area contributed by atoms with Gasteiger partial charge in [-0.2, -0.15) is 5.10 Å². The van der Waals surface area contributed by atoms with Crippen LogP contribution in [0.3, 0.4) is 0 Å². The third-order valence-electron chi connectivity index (χ3n) is 12.8. The van der Waals surface area contributed by atoms with Crippen LogP contribution in [0.25, 0.3) is 11.0 Å². The maximum absolute atomic E-state index is 14.2. The van der Waals surface area contributed by atoms with E-state index < -0.39 is 0 Å². The quantitative estimate of drug-likeness (QED) is 0.113. The van der Waals surface area contributed by atoms with Crippen molar-refractivity contribution in [1.82, 2.24) is 34.4 Å². The Bertz CT molecular complexity index is 2270. The van der Waals surface area contributed by atoms with Crippen molar-refractivity contribution >= 4 is 40.5 Å². The maximum Gasteiger partial charge on any atom is 0.409 e. The summed E-state index contributed by atoms with van der Waals surface area (Å²) in [4.78, 5) is 44.8. The van der Waals surface area contributed by atoms with E-state index in [1.807, 2.05) is 65.5 Å². The summed E-state index contributed by atoms with van der Waals surface area (Å²) in [5.74, 6) is 2.55. The molecule has 2 aromatic heterocycles. The minimum absolute atomic E-state index is 0.0288. The molecule has 0 bridgehead atoms. The van der Waals surface area contributed by atoms with Crippen molar-refractivity contribution in [2.45, 2.75) is 63.6 Å². The summed E-state index contributed by atoms with van der Waals surface area (Å²) in [7, 11) is 5.18. The summed E-state index contributed by atoms with van der Waals surface area (Å²) in [5.41, 5.74) is 5.08. The number of hydrogen-bond donors (Lipinski definition) is 0. The molecule has 0 atom stereocenters. The number of unbranched alkanes of at least 4 members (excludes halogenated alkanes) is 1. The summed E-state index contributed by atoms with van der Waals surface area (Å²) >= 11 is 6.45. The van der Waals surface area contributed by atoms with E-state index in [-0.39, 0.29) is 30.1 Å². The van der Waals surface area contributed by atoms with Crippen LogP contribution in [0.4, 0.5) is 10.6 Å². The van der Waals surface area contributed by atoms with E-state index in [9.17, 15) is 9.59 Å². The number of carbonyl (C=O) groups excluding carboxylic acids is 2. The summed E-state index contributed by atoms with van der Waals surface area (Å²) in [5, 5.41) is 6.23. The van der Waals surface area contributed by atoms with Crippen LogP contribution in [-0.2, 0) is 34.6 Å². The van der Waals surface area contributed by atoms with Crippen molar-refractivity contribution in [1.29, 1.82) is 0 Å². The van der Waals surface area contributed by atoms with Crippen LogP contribution in [0.15, 0.2) is 79.3 Å². The number of fused-ring (bicyclic) bond motifs is 3. The number of methoxy groups -OCH3 is 2. The smallest absolute Gasteiger partial charge is 0.409 e. The van der Waals surface area contributed by atoms with Gasteiger partial charge in [0.05, 0.1) is 32.3 Å². The zero-order valence-electron chi connectivity index (χ0n) is 34.9. The van der Waals surface area contributed by atoms with Gasteiger partial charge in [-0.25, -0.2) is 19.4 Å². The summed E-state index contributed by atoms with van der Waals surface area (Å²) in [6.45, 7) is 5.87. The summed E-state index contributed by atoms with van der Waals surface area (Å²) in [6, 6.07) is 21.8. The second-order valence-corrected chi connectivity index (χ2v) is 16.6. The van der Waals surface area contributed by atoms with E-state index >= 15 is 0 Å². The molecule has 3 aromatic carbocycles. The predicted molar refractivity (Wildman–Crippen MR) is 232 cm³/mol. The minimum Gasteiger partial charge on any atom is -0.493 e. The predicted octanol–water partition coefficient (Wildman–Crippen LogP) is 7.19. The lowest BCUT2D eigenvalue weighted by Gasteiger charge is -2.52. The van der Waals surface area contributed by atoms with Crippen LogP contribution in [0.1, 0.15) is 60.8 Å². The molecule has 2 aliphatic heterocycles. The number of ether oxygens (including phenoxy) is 3. The fourth-order valence-corrected chi connectivity index (χ4v) is 9.66. The van der Waals surface area contributed by atoms with Gasteiger partial charge in [-0.3, -0.25) is 9.69 Å². The molecule has 1 aliphatic carbocycles. The standard InChI is InChI=1S/C46H55ClN8O5/c1-51(45(57)60-31-33-11-5-4-6-12-33)20-9-10-21-54-22-17-35-27-40(58-2)41(59-3)28-38(35)46(54)18-15-34(16-19-46)44(56)53-25-23-52(24-26-53)42-37-29-50-55(43(37)49-32-48-42)30-36-13-7-8-14-39(36)47/h4-8,11-14,27-29,32,34H,9-10,15-26,30-31H2,1-3H3/t34-,46-. The van der Waals surface area contributed by atoms with Crippen LogP contribution < -0.4 is 14.4 Å². The Morgan fingerprint density at radius 1 is 0.900 bits per heavy atom. The molecule has 316 valence electrons. The molecule has 13 nitrogen and oxygen atoms in total. The number of amides is 2. The molecule has 5 aromatic rings. The Labute approximate surface area is 357 Å². The van der Waals surface area contributed by atoms with E-state index in [2.05, 4.69) is 41.9 Å². The zero-order chi connectivity index (χ0) is 41.6. The molecule has 1 spiro atoms. The first-order chi connectivity index (χ1) is 29.3. The second-order valence-electron chi connectivity index (χ2n) is 16.2. The van der Waals surface area contributed by atoms with Gasteiger partial charge in [-0.1, -0.05) is 60.1 Å². The van der Waals surface area contributed by atoms with Crippen LogP contribution in [-0.4, -0.2) is 114 Å². The van der Waals surface area contributed by atoms with Gasteiger partial charge < -0.3 is 28.9 Å². The number of anilines is 1. The summed E-state index contributed by atoms with van der Waals surface area (Å²) < 4.78 is 19.0. The molecule has 2 amide bonds. The van der Waals surface area contributed by atoms with E-state index in [0.717, 1.165) is 97.5 Å². The Balaban J connectivity index is 0.894. The monoisotopic (exact) mass is 834 g/mol. The number of rotatable bonds is 13. The second kappa shape index (κ2) is 18.5. The molecule has 2 fully saturated rings. The SMILES string of the molecule is COc1cc2c(cc1OC)[C@]1(CC[C@@H](C(=O)N3CCN(c4ncnc5c4cnn5Cc4ccccc4Cl)CC3)CC1)N(CCCCN(C)C(=O)OCc1ccccc1)CC2. The van der Waals surface area contributed by atoms with Crippen LogP contribution in [0, 0.1) is 5.92 Å². The summed E-state index contributed by atoms with van der Waals surface area (Å²) in [6.07, 6.45) is 9.23. The molecule has 14 heteroatoms. The molecule has 60 heavy (non-hydrogen) atoms. The molecule has 8 rings (SSSR count). The fourth-order valence-electron chi connectivity index (χ4n) is 9.46. The van der Waals surface area contributed by atoms with Crippen molar-refractivity contribution < 1.29 is 23.8 Å². The maximum atomic E-state index is 14.2. The molecule has 3 aliphatic rings. The average molecular weight is 835 g/mol. The number of benzene rings is 3. The highest BCUT2D eigenvalue weighted by Gasteiger charge is 2.47. The van der Waals surface area contributed by atoms with Gasteiger partial charge in [0.15, 0.2) is 17.1 Å². The number of hydrogen-bond acceptors (Lipinski definition) is 10. The Kier molecular flexibility index (Phi) is 12.7. The lowest BCUT2D eigenvalue weighted by molar-refractivity contribution is -0.138. The molecule has 0 radical (unpaired) electrons. The molecule has 0 unspecified atom stereocenters. The lowest BCUT2D eigenvalue weighted by atomic mass is 9.68. The Hall–Kier alpha value is -5.40. The minimum atomic E-state index is -0.309. The van der Waals surface area contributed by atoms with Crippen molar-refractivity contribution in [3.05, 3.63) is 107 Å². The van der Waals surface area contributed by atoms with E-state index in [1.54, 1.807) is 32.5 Å². The average Bonchev–Trinajstić information content (AvgIpc) is 3.71. The fraction of sp³-hybridized carbons (Fsp3) is 0.457. The molecule has 4 heterocycles. The highest BCUT2D eigenvalue weighted by Crippen LogP contribution is 2.50. The highest BCUT2D eigenvalue weighted by molar-refractivity contribution is 6.31. The van der Waals surface area contributed by atoms with E-state index in [4.69, 9.17) is 25.8 Å². The number of aromatic nitrogens is 4. The van der Waals surface area contributed by atoms with Crippen LogP contribution in [0.2, 0.25) is 5.02 Å². The van der Waals surface area contributed by atoms with Crippen molar-refractivity contribution in [3.8, 4) is 11.5 Å². The molecular weight excluding hydrogens is 780 g/mol. The van der Waals surface area contributed by atoms with Gasteiger partial charge in [0.25, 0.3) is 0 Å². The van der Waals surface area contributed by atoms with Gasteiger partial charge in [0.2, 0.25) is 5.91 Å². The molecular formula is C46H55ClN8O5. The number of halogens is 1. The first-order valence-corrected chi connectivity index (χ1v) is 21.5. The normalized spacial score (nSPS) is 19.3.